The zero-order valence-corrected chi connectivity index (χ0v) is 47.2. The zero-order valence-electron chi connectivity index (χ0n) is 46.3. The third kappa shape index (κ3) is 39.3. The summed E-state index contributed by atoms with van der Waals surface area (Å²) in [6, 6.07) is 0. The van der Waals surface area contributed by atoms with Gasteiger partial charge in [0.2, 0.25) is 0 Å². The van der Waals surface area contributed by atoms with Crippen molar-refractivity contribution in [3.63, 3.8) is 0 Å². The highest BCUT2D eigenvalue weighted by atomic mass is 31.2. The van der Waals surface area contributed by atoms with Crippen molar-refractivity contribution < 1.29 is 63.1 Å². The highest BCUT2D eigenvalue weighted by molar-refractivity contribution is 7.47. The first-order chi connectivity index (χ1) is 34.9. The van der Waals surface area contributed by atoms with Crippen LogP contribution >= 0.6 is 7.82 Å². The van der Waals surface area contributed by atoms with E-state index in [1.807, 2.05) is 0 Å². The van der Waals surface area contributed by atoms with Crippen molar-refractivity contribution in [3.05, 3.63) is 0 Å². The molecule has 0 bridgehead atoms. The fraction of sp³-hybridized carbons (Fsp3) is 0.966. The molecule has 1 saturated carbocycles. The minimum absolute atomic E-state index is 0.106. The summed E-state index contributed by atoms with van der Waals surface area (Å²) >= 11 is 0. The first kappa shape index (κ1) is 68.9. The van der Waals surface area contributed by atoms with Crippen LogP contribution in [0.2, 0.25) is 0 Å². The quantitative estimate of drug-likeness (QED) is 0.0191. The molecule has 0 radical (unpaired) electrons. The molecule has 0 aromatic rings. The van der Waals surface area contributed by atoms with Gasteiger partial charge in [0.15, 0.2) is 6.10 Å². The number of carbonyl (C=O) groups excluding carboxylic acids is 2. The van der Waals surface area contributed by atoms with Gasteiger partial charge >= 0.3 is 19.8 Å². The average molecular weight is 1050 g/mol. The minimum Gasteiger partial charge on any atom is -0.462 e. The van der Waals surface area contributed by atoms with E-state index in [9.17, 15) is 44.6 Å². The van der Waals surface area contributed by atoms with Crippen LogP contribution in [-0.4, -0.2) is 98.3 Å². The molecular weight excluding hydrogens is 936 g/mol. The number of unbranched alkanes of at least 4 members (excludes halogenated alkanes) is 41. The standard InChI is InChI=1S/C58H113O13P/c1-3-5-7-9-11-13-15-17-19-21-23-25-26-27-29-30-32-34-36-38-40-42-44-46-51(59)68-48-50(49-69-72(66,67)71-58-56(64)54(62)53(61)55(63)57(58)65)70-52(60)47-45-43-41-39-37-35-33-31-28-24-22-20-18-16-14-12-10-8-6-4-2/h50,53-58,61-65H,3-49H2,1-2H3,(H,66,67)/t50-,53?,54-,55?,56?,57?,58?/m0/s1. The van der Waals surface area contributed by atoms with Gasteiger partial charge in [0.1, 0.15) is 43.2 Å². The van der Waals surface area contributed by atoms with Gasteiger partial charge in [-0.1, -0.05) is 277 Å². The lowest BCUT2D eigenvalue weighted by molar-refractivity contribution is -0.220. The molecule has 0 saturated heterocycles. The van der Waals surface area contributed by atoms with Gasteiger partial charge in [-0.2, -0.15) is 0 Å². The molecule has 1 aliphatic rings. The lowest BCUT2D eigenvalue weighted by Crippen LogP contribution is -2.64. The molecule has 0 spiro atoms. The smallest absolute Gasteiger partial charge is 0.462 e. The number of aliphatic hydroxyl groups excluding tert-OH is 5. The second-order valence-corrected chi connectivity index (χ2v) is 23.0. The summed E-state index contributed by atoms with van der Waals surface area (Å²) in [4.78, 5) is 36.0. The average Bonchev–Trinajstić information content (AvgIpc) is 3.36. The van der Waals surface area contributed by atoms with Gasteiger partial charge in [-0.25, -0.2) is 4.57 Å². The zero-order chi connectivity index (χ0) is 52.8. The Kier molecular flexibility index (Phi) is 46.1. The first-order valence-corrected chi connectivity index (χ1v) is 31.8. The number of rotatable bonds is 53. The lowest BCUT2D eigenvalue weighted by Gasteiger charge is -2.41. The molecule has 0 heterocycles. The number of phosphoric acid groups is 1. The van der Waals surface area contributed by atoms with Gasteiger partial charge in [0.05, 0.1) is 6.61 Å². The van der Waals surface area contributed by atoms with Gasteiger partial charge in [0, 0.05) is 12.8 Å². The van der Waals surface area contributed by atoms with Crippen molar-refractivity contribution in [2.24, 2.45) is 0 Å². The first-order valence-electron chi connectivity index (χ1n) is 30.3. The van der Waals surface area contributed by atoms with Crippen LogP contribution in [0.25, 0.3) is 0 Å². The van der Waals surface area contributed by atoms with Crippen LogP contribution < -0.4 is 0 Å². The second kappa shape index (κ2) is 48.2. The van der Waals surface area contributed by atoms with E-state index < -0.39 is 75.7 Å². The van der Waals surface area contributed by atoms with Crippen molar-refractivity contribution in [2.45, 2.75) is 346 Å². The van der Waals surface area contributed by atoms with E-state index in [4.69, 9.17) is 18.5 Å². The molecule has 1 rings (SSSR count). The lowest BCUT2D eigenvalue weighted by atomic mass is 9.85. The number of phosphoric ester groups is 1. The molecule has 6 unspecified atom stereocenters. The number of carbonyl (C=O) groups is 2. The maximum atomic E-state index is 12.9. The highest BCUT2D eigenvalue weighted by Crippen LogP contribution is 2.47. The minimum atomic E-state index is -5.12. The Bertz CT molecular complexity index is 1260. The van der Waals surface area contributed by atoms with E-state index in [1.165, 1.54) is 225 Å². The molecule has 0 aromatic heterocycles. The monoisotopic (exact) mass is 1050 g/mol. The highest BCUT2D eigenvalue weighted by Gasteiger charge is 2.51. The van der Waals surface area contributed by atoms with Crippen LogP contribution in [0.15, 0.2) is 0 Å². The predicted molar refractivity (Wildman–Crippen MR) is 291 cm³/mol. The predicted octanol–water partition coefficient (Wildman–Crippen LogP) is 14.4. The maximum absolute atomic E-state index is 12.9. The van der Waals surface area contributed by atoms with Crippen molar-refractivity contribution in [1.82, 2.24) is 0 Å². The molecule has 428 valence electrons. The molecule has 0 aliphatic heterocycles. The van der Waals surface area contributed by atoms with Crippen molar-refractivity contribution >= 4 is 19.8 Å². The Hall–Kier alpha value is -1.15. The Morgan fingerprint density at radius 1 is 0.375 bits per heavy atom. The molecule has 1 fully saturated rings. The number of ether oxygens (including phenoxy) is 2. The number of aliphatic hydroxyl groups is 5. The fourth-order valence-electron chi connectivity index (χ4n) is 9.88. The molecular formula is C58H113O13P. The maximum Gasteiger partial charge on any atom is 0.472 e. The number of esters is 2. The van der Waals surface area contributed by atoms with Crippen LogP contribution in [0, 0.1) is 0 Å². The molecule has 0 aromatic carbocycles. The van der Waals surface area contributed by atoms with Crippen molar-refractivity contribution in [1.29, 1.82) is 0 Å². The third-order valence-electron chi connectivity index (χ3n) is 14.7. The van der Waals surface area contributed by atoms with E-state index in [2.05, 4.69) is 13.8 Å². The Labute approximate surface area is 440 Å². The Morgan fingerprint density at radius 2 is 0.625 bits per heavy atom. The fourth-order valence-corrected chi connectivity index (χ4v) is 10.9. The molecule has 8 atom stereocenters. The van der Waals surface area contributed by atoms with Gasteiger partial charge in [0.25, 0.3) is 0 Å². The molecule has 13 nitrogen and oxygen atoms in total. The van der Waals surface area contributed by atoms with E-state index in [1.54, 1.807) is 0 Å². The summed E-state index contributed by atoms with van der Waals surface area (Å²) in [7, 11) is -5.12. The number of hydrogen-bond donors (Lipinski definition) is 6. The largest absolute Gasteiger partial charge is 0.472 e. The van der Waals surface area contributed by atoms with Crippen LogP contribution in [0.4, 0.5) is 0 Å². The Morgan fingerprint density at radius 3 is 0.917 bits per heavy atom. The second-order valence-electron chi connectivity index (χ2n) is 21.6. The van der Waals surface area contributed by atoms with Crippen LogP contribution in [0.5, 0.6) is 0 Å². The SMILES string of the molecule is CCCCCCCCCCCCCCCCCCCCCCCCCC(=O)OC[C@@H](COP(=O)(O)OC1C(O)C(O)C(O)[C@H](O)C1O)OC(=O)CCCCCCCCCCCCCCCCCCCCCC. The van der Waals surface area contributed by atoms with Crippen molar-refractivity contribution in [3.8, 4) is 0 Å². The molecule has 0 amide bonds. The van der Waals surface area contributed by atoms with E-state index in [0.29, 0.717) is 12.8 Å². The summed E-state index contributed by atoms with van der Waals surface area (Å²) in [6.45, 7) is 3.39. The van der Waals surface area contributed by atoms with E-state index in [0.717, 1.165) is 38.5 Å². The summed E-state index contributed by atoms with van der Waals surface area (Å²) < 4.78 is 33.8. The van der Waals surface area contributed by atoms with Gasteiger partial charge in [-0.15, -0.1) is 0 Å². The third-order valence-corrected chi connectivity index (χ3v) is 15.7. The Balaban J connectivity index is 2.28. The van der Waals surface area contributed by atoms with Crippen LogP contribution in [-0.2, 0) is 32.7 Å². The molecule has 1 aliphatic carbocycles. The van der Waals surface area contributed by atoms with Crippen molar-refractivity contribution in [2.75, 3.05) is 13.2 Å². The molecule has 6 N–H and O–H groups in total. The summed E-state index contributed by atoms with van der Waals surface area (Å²) in [5, 5.41) is 50.4. The summed E-state index contributed by atoms with van der Waals surface area (Å²) in [6.07, 6.45) is 41.5. The topological polar surface area (TPSA) is 210 Å². The normalized spacial score (nSPS) is 20.4. The van der Waals surface area contributed by atoms with Crippen LogP contribution in [0.1, 0.15) is 303 Å². The van der Waals surface area contributed by atoms with Gasteiger partial charge in [-0.3, -0.25) is 18.6 Å². The van der Waals surface area contributed by atoms with Gasteiger partial charge in [-0.05, 0) is 12.8 Å². The molecule has 72 heavy (non-hydrogen) atoms. The summed E-state index contributed by atoms with van der Waals surface area (Å²) in [5.41, 5.74) is 0. The van der Waals surface area contributed by atoms with E-state index >= 15 is 0 Å². The number of hydrogen-bond acceptors (Lipinski definition) is 12. The van der Waals surface area contributed by atoms with Gasteiger partial charge < -0.3 is 39.9 Å². The summed E-state index contributed by atoms with van der Waals surface area (Å²) in [5.74, 6) is -1.07. The van der Waals surface area contributed by atoms with Crippen LogP contribution in [0.3, 0.4) is 0 Å². The van der Waals surface area contributed by atoms with E-state index in [-0.39, 0.29) is 12.8 Å². The molecule has 14 heteroatoms.